The molecule has 1 fully saturated rings. The zero-order valence-corrected chi connectivity index (χ0v) is 21.4. The number of carbonyl (C=O) groups excluding carboxylic acids is 2. The average Bonchev–Trinajstić information content (AvgIpc) is 3.19. The van der Waals surface area contributed by atoms with Gasteiger partial charge in [0.15, 0.2) is 4.80 Å². The van der Waals surface area contributed by atoms with Crippen molar-refractivity contribution < 1.29 is 27.5 Å². The van der Waals surface area contributed by atoms with Crippen molar-refractivity contribution in [3.8, 4) is 5.75 Å². The molecule has 4 rings (SSSR count). The molecule has 1 aromatic heterocycles. The van der Waals surface area contributed by atoms with Gasteiger partial charge in [-0.1, -0.05) is 17.8 Å². The molecule has 0 spiro atoms. The van der Waals surface area contributed by atoms with Crippen LogP contribution in [0.4, 0.5) is 0 Å². The summed E-state index contributed by atoms with van der Waals surface area (Å²) in [6.07, 6.45) is 2.69. The quantitative estimate of drug-likeness (QED) is 0.465. The minimum absolute atomic E-state index is 0.0538. The molecule has 0 saturated carbocycles. The highest BCUT2D eigenvalue weighted by molar-refractivity contribution is 7.89. The number of amides is 1. The monoisotopic (exact) mass is 517 g/mol. The highest BCUT2D eigenvalue weighted by Gasteiger charge is 2.31. The Kier molecular flexibility index (Phi) is 7.39. The van der Waals surface area contributed by atoms with E-state index in [9.17, 15) is 18.0 Å². The molecule has 1 atom stereocenters. The number of piperidine rings is 1. The van der Waals surface area contributed by atoms with Crippen LogP contribution in [0.25, 0.3) is 10.2 Å². The number of rotatable bonds is 6. The first-order chi connectivity index (χ1) is 16.7. The topological polar surface area (TPSA) is 107 Å². The third kappa shape index (κ3) is 5.16. The van der Waals surface area contributed by atoms with Crippen LogP contribution in [0.5, 0.6) is 5.75 Å². The van der Waals surface area contributed by atoms with Crippen LogP contribution in [-0.2, 0) is 26.1 Å². The van der Waals surface area contributed by atoms with E-state index in [1.807, 2.05) is 6.92 Å². The molecule has 1 saturated heterocycles. The minimum Gasteiger partial charge on any atom is -0.497 e. The van der Waals surface area contributed by atoms with Crippen LogP contribution in [-0.4, -0.2) is 56.0 Å². The smallest absolute Gasteiger partial charge is 0.325 e. The molecule has 11 heteroatoms. The predicted octanol–water partition coefficient (Wildman–Crippen LogP) is 3.19. The molecule has 0 aliphatic carbocycles. The highest BCUT2D eigenvalue weighted by atomic mass is 32.2. The Bertz CT molecular complexity index is 1420. The van der Waals surface area contributed by atoms with E-state index in [1.54, 1.807) is 29.9 Å². The number of methoxy groups -OCH3 is 2. The number of thiazole rings is 1. The number of fused-ring (bicyclic) bond motifs is 1. The van der Waals surface area contributed by atoms with Crippen molar-refractivity contribution in [2.45, 2.75) is 43.7 Å². The number of esters is 1. The maximum Gasteiger partial charge on any atom is 0.325 e. The van der Waals surface area contributed by atoms with Gasteiger partial charge >= 0.3 is 5.97 Å². The number of carbonyl (C=O) groups is 2. The number of nitrogens with zero attached hydrogens (tertiary/aromatic N) is 3. The van der Waals surface area contributed by atoms with Crippen LogP contribution in [0, 0.1) is 0 Å². The fraction of sp³-hybridized carbons (Fsp3) is 0.375. The SMILES string of the molecule is COC(=O)Cn1c(=NC(=O)c2ccc(S(=O)(=O)N3CCCC[C@@H]3C)cc2)sc2cc(OC)ccc21. The van der Waals surface area contributed by atoms with Gasteiger partial charge in [-0.25, -0.2) is 8.42 Å². The normalized spacial score (nSPS) is 17.5. The summed E-state index contributed by atoms with van der Waals surface area (Å²) in [7, 11) is -0.782. The molecule has 0 unspecified atom stereocenters. The van der Waals surface area contributed by atoms with Crippen LogP contribution in [0.15, 0.2) is 52.4 Å². The summed E-state index contributed by atoms with van der Waals surface area (Å²) < 4.78 is 40.1. The lowest BCUT2D eigenvalue weighted by molar-refractivity contribution is -0.141. The highest BCUT2D eigenvalue weighted by Crippen LogP contribution is 2.26. The van der Waals surface area contributed by atoms with E-state index in [1.165, 1.54) is 47.0 Å². The number of sulfonamides is 1. The van der Waals surface area contributed by atoms with Gasteiger partial charge < -0.3 is 14.0 Å². The minimum atomic E-state index is -3.63. The largest absolute Gasteiger partial charge is 0.497 e. The Labute approximate surface area is 207 Å². The number of ether oxygens (including phenoxy) is 2. The molecule has 1 aliphatic rings. The van der Waals surface area contributed by atoms with E-state index in [2.05, 4.69) is 4.99 Å². The molecule has 186 valence electrons. The molecule has 2 aromatic carbocycles. The Morgan fingerprint density at radius 1 is 1.11 bits per heavy atom. The van der Waals surface area contributed by atoms with E-state index < -0.39 is 21.9 Å². The molecule has 0 N–H and O–H groups in total. The molecule has 2 heterocycles. The lowest BCUT2D eigenvalue weighted by Gasteiger charge is -2.32. The van der Waals surface area contributed by atoms with E-state index in [-0.39, 0.29) is 23.0 Å². The van der Waals surface area contributed by atoms with Gasteiger partial charge in [-0.05, 0) is 62.2 Å². The molecule has 35 heavy (non-hydrogen) atoms. The zero-order valence-electron chi connectivity index (χ0n) is 19.8. The Hall–Kier alpha value is -3.02. The number of hydrogen-bond acceptors (Lipinski definition) is 7. The van der Waals surface area contributed by atoms with Gasteiger partial charge in [0.25, 0.3) is 5.91 Å². The first-order valence-corrected chi connectivity index (χ1v) is 13.5. The van der Waals surface area contributed by atoms with Crippen LogP contribution in [0.3, 0.4) is 0 Å². The van der Waals surface area contributed by atoms with Crippen LogP contribution >= 0.6 is 11.3 Å². The molecule has 1 aliphatic heterocycles. The van der Waals surface area contributed by atoms with Crippen molar-refractivity contribution in [3.63, 3.8) is 0 Å². The maximum absolute atomic E-state index is 13.1. The summed E-state index contributed by atoms with van der Waals surface area (Å²) in [5, 5.41) is 0. The molecule has 1 amide bonds. The second kappa shape index (κ2) is 10.3. The van der Waals surface area contributed by atoms with Gasteiger partial charge in [0, 0.05) is 18.2 Å². The van der Waals surface area contributed by atoms with Crippen molar-refractivity contribution in [3.05, 3.63) is 52.8 Å². The van der Waals surface area contributed by atoms with Crippen LogP contribution in [0.2, 0.25) is 0 Å². The number of aromatic nitrogens is 1. The van der Waals surface area contributed by atoms with Crippen molar-refractivity contribution >= 4 is 43.5 Å². The molecule has 9 nitrogen and oxygen atoms in total. The molecule has 0 bridgehead atoms. The third-order valence-electron chi connectivity index (χ3n) is 6.05. The standard InChI is InChI=1S/C24H27N3O6S2/c1-16-6-4-5-13-27(16)35(30,31)19-10-7-17(8-11-19)23(29)25-24-26(15-22(28)33-3)20-12-9-18(32-2)14-21(20)34-24/h7-12,14,16H,4-6,13,15H2,1-3H3/t16-/m0/s1. The summed E-state index contributed by atoms with van der Waals surface area (Å²) in [5.41, 5.74) is 0.958. The fourth-order valence-electron chi connectivity index (χ4n) is 4.10. The van der Waals surface area contributed by atoms with Crippen molar-refractivity contribution in [2.75, 3.05) is 20.8 Å². The maximum atomic E-state index is 13.1. The van der Waals surface area contributed by atoms with E-state index in [4.69, 9.17) is 9.47 Å². The summed E-state index contributed by atoms with van der Waals surface area (Å²) >= 11 is 1.24. The Balaban J connectivity index is 1.67. The van der Waals surface area contributed by atoms with Crippen molar-refractivity contribution in [1.29, 1.82) is 0 Å². The average molecular weight is 518 g/mol. The van der Waals surface area contributed by atoms with E-state index in [0.717, 1.165) is 24.0 Å². The molecular formula is C24H27N3O6S2. The van der Waals surface area contributed by atoms with Gasteiger partial charge in [-0.2, -0.15) is 9.30 Å². The second-order valence-electron chi connectivity index (χ2n) is 8.28. The summed E-state index contributed by atoms with van der Waals surface area (Å²) in [5.74, 6) is -0.380. The first kappa shape index (κ1) is 25.1. The lowest BCUT2D eigenvalue weighted by Crippen LogP contribution is -2.41. The fourth-order valence-corrected chi connectivity index (χ4v) is 6.85. The summed E-state index contributed by atoms with van der Waals surface area (Å²) in [6.45, 7) is 2.30. The van der Waals surface area contributed by atoms with Gasteiger partial charge in [0.1, 0.15) is 12.3 Å². The van der Waals surface area contributed by atoms with Gasteiger partial charge in [0.2, 0.25) is 10.0 Å². The summed E-state index contributed by atoms with van der Waals surface area (Å²) in [4.78, 5) is 29.7. The van der Waals surface area contributed by atoms with Gasteiger partial charge in [-0.15, -0.1) is 0 Å². The van der Waals surface area contributed by atoms with Crippen LogP contribution in [0.1, 0.15) is 36.5 Å². The van der Waals surface area contributed by atoms with E-state index in [0.29, 0.717) is 22.6 Å². The van der Waals surface area contributed by atoms with Crippen molar-refractivity contribution in [2.24, 2.45) is 4.99 Å². The van der Waals surface area contributed by atoms with Crippen LogP contribution < -0.4 is 9.54 Å². The van der Waals surface area contributed by atoms with Gasteiger partial charge in [0.05, 0.1) is 29.3 Å². The lowest BCUT2D eigenvalue weighted by atomic mass is 10.1. The number of benzene rings is 2. The molecular weight excluding hydrogens is 490 g/mol. The Morgan fingerprint density at radius 3 is 2.51 bits per heavy atom. The third-order valence-corrected chi connectivity index (χ3v) is 9.12. The van der Waals surface area contributed by atoms with Gasteiger partial charge in [-0.3, -0.25) is 9.59 Å². The van der Waals surface area contributed by atoms with Crippen molar-refractivity contribution in [1.82, 2.24) is 8.87 Å². The first-order valence-electron chi connectivity index (χ1n) is 11.2. The second-order valence-corrected chi connectivity index (χ2v) is 11.2. The molecule has 0 radical (unpaired) electrons. The summed E-state index contributed by atoms with van der Waals surface area (Å²) in [6, 6.07) is 11.1. The molecule has 3 aromatic rings. The predicted molar refractivity (Wildman–Crippen MR) is 132 cm³/mol. The zero-order chi connectivity index (χ0) is 25.2. The Morgan fingerprint density at radius 2 is 1.86 bits per heavy atom. The number of hydrogen-bond donors (Lipinski definition) is 0. The van der Waals surface area contributed by atoms with E-state index >= 15 is 0 Å².